The molecule has 1 aliphatic carbocycles. The van der Waals surface area contributed by atoms with Crippen LogP contribution in [-0.4, -0.2) is 11.0 Å². The Hall–Kier alpha value is -0.970. The lowest BCUT2D eigenvalue weighted by Gasteiger charge is -2.31. The Kier molecular flexibility index (Phi) is 5.13. The Morgan fingerprint density at radius 1 is 1.35 bits per heavy atom. The van der Waals surface area contributed by atoms with Gasteiger partial charge >= 0.3 is 0 Å². The summed E-state index contributed by atoms with van der Waals surface area (Å²) in [5.74, 6) is 2.46. The Bertz CT molecular complexity index is 482. The molecule has 2 rings (SSSR count). The molecule has 0 bridgehead atoms. The molecule has 4 nitrogen and oxygen atoms in total. The molecule has 0 aliphatic heterocycles. The number of aromatic nitrogens is 1. The van der Waals surface area contributed by atoms with E-state index in [4.69, 9.17) is 0 Å². The number of anilines is 1. The molecule has 1 aromatic rings. The van der Waals surface area contributed by atoms with Gasteiger partial charge in [0.05, 0.1) is 10.2 Å². The van der Waals surface area contributed by atoms with Crippen LogP contribution in [0.1, 0.15) is 45.2 Å². The van der Waals surface area contributed by atoms with Gasteiger partial charge < -0.3 is 5.32 Å². The summed E-state index contributed by atoms with van der Waals surface area (Å²) in [6.45, 7) is 6.43. The molecule has 1 heterocycles. The van der Waals surface area contributed by atoms with E-state index in [-0.39, 0.29) is 0 Å². The molecule has 0 spiro atoms. The average Bonchev–Trinajstić information content (AvgIpc) is 2.43. The van der Waals surface area contributed by atoms with E-state index in [1.165, 1.54) is 25.7 Å². The Balaban J connectivity index is 2.01. The van der Waals surface area contributed by atoms with Gasteiger partial charge in [0.2, 0.25) is 0 Å². The van der Waals surface area contributed by atoms with Crippen molar-refractivity contribution in [1.82, 2.24) is 4.98 Å². The van der Waals surface area contributed by atoms with Crippen LogP contribution in [0.4, 0.5) is 11.5 Å². The summed E-state index contributed by atoms with van der Waals surface area (Å²) < 4.78 is 0.809. The number of nitrogens with zero attached hydrogens (tertiary/aromatic N) is 2. The molecule has 20 heavy (non-hydrogen) atoms. The summed E-state index contributed by atoms with van der Waals surface area (Å²) in [4.78, 5) is 15.1. The van der Waals surface area contributed by atoms with Crippen molar-refractivity contribution < 1.29 is 0 Å². The summed E-state index contributed by atoms with van der Waals surface area (Å²) in [6.07, 6.45) is 4.92. The minimum Gasteiger partial charge on any atom is -0.366 e. The fourth-order valence-corrected chi connectivity index (χ4v) is 3.31. The van der Waals surface area contributed by atoms with Crippen LogP contribution in [0.2, 0.25) is 0 Å². The van der Waals surface area contributed by atoms with Crippen LogP contribution in [0.25, 0.3) is 0 Å². The van der Waals surface area contributed by atoms with E-state index in [1.54, 1.807) is 6.07 Å². The quantitative estimate of drug-likeness (QED) is 0.769. The molecule has 5 heteroatoms. The molecular formula is C15H22BrN3O. The predicted octanol–water partition coefficient (Wildman–Crippen LogP) is 5.18. The number of aryl methyl sites for hydroxylation is 1. The van der Waals surface area contributed by atoms with Crippen molar-refractivity contribution in [2.24, 2.45) is 17.0 Å². The number of hydrogen-bond acceptors (Lipinski definition) is 4. The Morgan fingerprint density at radius 2 is 2.00 bits per heavy atom. The Labute approximate surface area is 128 Å². The molecule has 0 atom stereocenters. The van der Waals surface area contributed by atoms with Gasteiger partial charge in [0.1, 0.15) is 11.5 Å². The van der Waals surface area contributed by atoms with Crippen LogP contribution in [0.3, 0.4) is 0 Å². The highest BCUT2D eigenvalue weighted by Crippen LogP contribution is 2.33. The van der Waals surface area contributed by atoms with Crippen molar-refractivity contribution >= 4 is 27.4 Å². The number of pyridine rings is 1. The molecule has 1 saturated carbocycles. The zero-order valence-electron chi connectivity index (χ0n) is 12.3. The molecule has 1 fully saturated rings. The maximum absolute atomic E-state index is 10.6. The zero-order valence-corrected chi connectivity index (χ0v) is 13.9. The molecule has 0 unspecified atom stereocenters. The van der Waals surface area contributed by atoms with Gasteiger partial charge in [0.25, 0.3) is 0 Å². The fourth-order valence-electron chi connectivity index (χ4n) is 2.89. The number of rotatable bonds is 4. The van der Waals surface area contributed by atoms with Gasteiger partial charge in [0.15, 0.2) is 0 Å². The van der Waals surface area contributed by atoms with Crippen molar-refractivity contribution in [3.8, 4) is 0 Å². The first-order chi connectivity index (χ1) is 9.51. The van der Waals surface area contributed by atoms with Crippen molar-refractivity contribution in [2.75, 3.05) is 5.32 Å². The van der Waals surface area contributed by atoms with E-state index in [0.29, 0.717) is 17.4 Å². The molecule has 0 amide bonds. The number of halogens is 1. The second-order valence-electron chi connectivity index (χ2n) is 6.01. The van der Waals surface area contributed by atoms with Crippen molar-refractivity contribution in [3.05, 3.63) is 21.1 Å². The average molecular weight is 340 g/mol. The molecule has 1 N–H and O–H groups in total. The fraction of sp³-hybridized carbons (Fsp3) is 0.667. The molecular weight excluding hydrogens is 318 g/mol. The van der Waals surface area contributed by atoms with E-state index in [1.807, 2.05) is 6.92 Å². The highest BCUT2D eigenvalue weighted by Gasteiger charge is 2.24. The maximum atomic E-state index is 10.6. The first-order valence-corrected chi connectivity index (χ1v) is 8.07. The SMILES string of the molecule is Cc1nc(NC2CCC(C(C)C)CC2)c(Br)cc1N=O. The van der Waals surface area contributed by atoms with Crippen molar-refractivity contribution in [1.29, 1.82) is 0 Å². The third-order valence-corrected chi connectivity index (χ3v) is 4.90. The number of nitroso groups, excluding NO2 is 1. The minimum atomic E-state index is 0.394. The standard InChI is InChI=1S/C15H22BrN3O/c1-9(2)11-4-6-12(7-5-11)18-15-13(16)8-14(19-20)10(3)17-15/h8-9,11-12H,4-7H2,1-3H3,(H,17,18). The van der Waals surface area contributed by atoms with E-state index in [0.717, 1.165) is 22.1 Å². The monoisotopic (exact) mass is 339 g/mol. The molecule has 1 aliphatic rings. The van der Waals surface area contributed by atoms with Gasteiger partial charge in [-0.1, -0.05) is 13.8 Å². The second-order valence-corrected chi connectivity index (χ2v) is 6.87. The summed E-state index contributed by atoms with van der Waals surface area (Å²) in [5.41, 5.74) is 1.06. The summed E-state index contributed by atoms with van der Waals surface area (Å²) in [6, 6.07) is 2.21. The third kappa shape index (κ3) is 3.57. The summed E-state index contributed by atoms with van der Waals surface area (Å²) >= 11 is 3.46. The molecule has 1 aromatic heterocycles. The lowest BCUT2D eigenvalue weighted by Crippen LogP contribution is -2.28. The second kappa shape index (κ2) is 6.66. The van der Waals surface area contributed by atoms with Gasteiger partial charge in [0, 0.05) is 6.04 Å². The Morgan fingerprint density at radius 3 is 2.55 bits per heavy atom. The van der Waals surface area contributed by atoms with Crippen LogP contribution in [0.5, 0.6) is 0 Å². The normalized spacial score (nSPS) is 22.9. The van der Waals surface area contributed by atoms with Crippen LogP contribution < -0.4 is 5.32 Å². The summed E-state index contributed by atoms with van der Waals surface area (Å²) in [7, 11) is 0. The topological polar surface area (TPSA) is 54.4 Å². The summed E-state index contributed by atoms with van der Waals surface area (Å²) in [5, 5.41) is 6.48. The first-order valence-electron chi connectivity index (χ1n) is 7.28. The van der Waals surface area contributed by atoms with Gasteiger partial charge in [-0.25, -0.2) is 4.98 Å². The van der Waals surface area contributed by atoms with Crippen molar-refractivity contribution in [2.45, 2.75) is 52.5 Å². The van der Waals surface area contributed by atoms with E-state index in [2.05, 4.69) is 45.3 Å². The van der Waals surface area contributed by atoms with Crippen LogP contribution in [0, 0.1) is 23.7 Å². The lowest BCUT2D eigenvalue weighted by molar-refractivity contribution is 0.266. The third-order valence-electron chi connectivity index (χ3n) is 4.29. The van der Waals surface area contributed by atoms with Gasteiger partial charge in [-0.15, -0.1) is 4.91 Å². The molecule has 0 aromatic carbocycles. The smallest absolute Gasteiger partial charge is 0.140 e. The largest absolute Gasteiger partial charge is 0.366 e. The highest BCUT2D eigenvalue weighted by atomic mass is 79.9. The van der Waals surface area contributed by atoms with Crippen molar-refractivity contribution in [3.63, 3.8) is 0 Å². The minimum absolute atomic E-state index is 0.394. The van der Waals surface area contributed by atoms with Crippen LogP contribution >= 0.6 is 15.9 Å². The van der Waals surface area contributed by atoms with E-state index >= 15 is 0 Å². The van der Waals surface area contributed by atoms with Crippen LogP contribution in [-0.2, 0) is 0 Å². The zero-order chi connectivity index (χ0) is 14.7. The predicted molar refractivity (Wildman–Crippen MR) is 86.3 cm³/mol. The van der Waals surface area contributed by atoms with Gasteiger partial charge in [-0.2, -0.15) is 0 Å². The van der Waals surface area contributed by atoms with E-state index in [9.17, 15) is 4.91 Å². The molecule has 0 saturated heterocycles. The van der Waals surface area contributed by atoms with Crippen LogP contribution in [0.15, 0.2) is 15.7 Å². The highest BCUT2D eigenvalue weighted by molar-refractivity contribution is 9.10. The molecule has 0 radical (unpaired) electrons. The number of nitrogens with one attached hydrogen (secondary N) is 1. The van der Waals surface area contributed by atoms with Gasteiger partial charge in [-0.05, 0) is 71.6 Å². The van der Waals surface area contributed by atoms with Gasteiger partial charge in [-0.3, -0.25) is 0 Å². The lowest BCUT2D eigenvalue weighted by atomic mass is 9.80. The maximum Gasteiger partial charge on any atom is 0.140 e. The molecule has 110 valence electrons. The number of hydrogen-bond donors (Lipinski definition) is 1. The first kappa shape index (κ1) is 15.4. The van der Waals surface area contributed by atoms with E-state index < -0.39 is 0 Å².